The summed E-state index contributed by atoms with van der Waals surface area (Å²) in [5.74, 6) is 0.528. The average molecular weight is 476 g/mol. The van der Waals surface area contributed by atoms with Crippen molar-refractivity contribution in [2.75, 3.05) is 7.05 Å². The maximum Gasteiger partial charge on any atom is 0.277 e. The molecule has 4 nitrogen and oxygen atoms in total. The van der Waals surface area contributed by atoms with Crippen molar-refractivity contribution in [3.8, 4) is 5.75 Å². The number of carbonyl (C=O) groups excluding carboxylic acids is 1. The lowest BCUT2D eigenvalue weighted by atomic mass is 10.1. The first-order chi connectivity index (χ1) is 12.3. The van der Waals surface area contributed by atoms with Gasteiger partial charge in [-0.1, -0.05) is 35.9 Å². The molecule has 1 aliphatic heterocycles. The second-order valence-corrected chi connectivity index (χ2v) is 7.65. The van der Waals surface area contributed by atoms with Crippen molar-refractivity contribution in [1.29, 1.82) is 0 Å². The van der Waals surface area contributed by atoms with Crippen molar-refractivity contribution in [1.82, 2.24) is 4.90 Å². The summed E-state index contributed by atoms with van der Waals surface area (Å²) in [4.78, 5) is 18.4. The second kappa shape index (κ2) is 7.60. The Morgan fingerprint density at radius 3 is 2.27 bits per heavy atom. The number of halogens is 2. The average Bonchev–Trinajstić information content (AvgIpc) is 2.87. The molecule has 1 heterocycles. The highest BCUT2D eigenvalue weighted by Crippen LogP contribution is 2.34. The Labute approximate surface area is 168 Å². The first-order valence-electron chi connectivity index (χ1n) is 7.86. The van der Waals surface area contributed by atoms with Gasteiger partial charge in [0.05, 0.1) is 8.95 Å². The molecule has 0 radical (unpaired) electrons. The summed E-state index contributed by atoms with van der Waals surface area (Å²) in [6.07, 6.45) is 5.45. The van der Waals surface area contributed by atoms with Crippen LogP contribution in [0.15, 0.2) is 62.1 Å². The summed E-state index contributed by atoms with van der Waals surface area (Å²) in [5, 5.41) is 9.80. The minimum Gasteiger partial charge on any atom is -0.506 e. The van der Waals surface area contributed by atoms with Crippen molar-refractivity contribution in [3.05, 3.63) is 73.8 Å². The molecule has 1 aliphatic rings. The number of aromatic hydroxyl groups is 1. The molecule has 6 heteroatoms. The van der Waals surface area contributed by atoms with Crippen LogP contribution < -0.4 is 0 Å². The van der Waals surface area contributed by atoms with Crippen molar-refractivity contribution in [3.63, 3.8) is 0 Å². The fourth-order valence-corrected chi connectivity index (χ4v) is 3.66. The van der Waals surface area contributed by atoms with Crippen LogP contribution in [0, 0.1) is 6.92 Å². The van der Waals surface area contributed by atoms with Gasteiger partial charge in [-0.05, 0) is 74.2 Å². The van der Waals surface area contributed by atoms with E-state index in [0.29, 0.717) is 20.5 Å². The molecule has 132 valence electrons. The number of aliphatic imine (C=N–C) groups is 1. The number of carbonyl (C=O) groups is 1. The molecule has 0 bridgehead atoms. The molecule has 0 atom stereocenters. The van der Waals surface area contributed by atoms with E-state index < -0.39 is 0 Å². The third-order valence-corrected chi connectivity index (χ3v) is 5.16. The SMILES string of the molecule is Cc1ccc(/C=C/C2=NC(=C\c3cc(Br)c(O)c(Br)c3)/C(=O)N2C)cc1. The van der Waals surface area contributed by atoms with E-state index in [1.807, 2.05) is 43.3 Å². The second-order valence-electron chi connectivity index (χ2n) is 5.94. The van der Waals surface area contributed by atoms with Crippen molar-refractivity contribution in [2.24, 2.45) is 4.99 Å². The molecule has 0 fully saturated rings. The number of benzene rings is 2. The van der Waals surface area contributed by atoms with Gasteiger partial charge in [-0.2, -0.15) is 0 Å². The number of hydrogen-bond acceptors (Lipinski definition) is 3. The van der Waals surface area contributed by atoms with E-state index in [9.17, 15) is 9.90 Å². The molecule has 0 saturated carbocycles. The normalized spacial score (nSPS) is 16.0. The zero-order valence-corrected chi connectivity index (χ0v) is 17.4. The predicted octanol–water partition coefficient (Wildman–Crippen LogP) is 5.15. The van der Waals surface area contributed by atoms with Gasteiger partial charge in [0.15, 0.2) is 0 Å². The van der Waals surface area contributed by atoms with E-state index in [-0.39, 0.29) is 11.7 Å². The smallest absolute Gasteiger partial charge is 0.277 e. The highest BCUT2D eigenvalue weighted by atomic mass is 79.9. The molecular weight excluding hydrogens is 460 g/mol. The van der Waals surface area contributed by atoms with Gasteiger partial charge in [0.25, 0.3) is 5.91 Å². The number of phenols is 1. The van der Waals surface area contributed by atoms with Crippen LogP contribution >= 0.6 is 31.9 Å². The number of aryl methyl sites for hydroxylation is 1. The highest BCUT2D eigenvalue weighted by molar-refractivity contribution is 9.11. The Kier molecular flexibility index (Phi) is 5.44. The lowest BCUT2D eigenvalue weighted by molar-refractivity contribution is -0.121. The molecule has 0 saturated heterocycles. The van der Waals surface area contributed by atoms with Crippen LogP contribution in [0.1, 0.15) is 16.7 Å². The molecule has 26 heavy (non-hydrogen) atoms. The molecule has 0 aromatic heterocycles. The van der Waals surface area contributed by atoms with E-state index in [2.05, 4.69) is 36.9 Å². The molecule has 0 aliphatic carbocycles. The van der Waals surface area contributed by atoms with Crippen molar-refractivity contribution < 1.29 is 9.90 Å². The quantitative estimate of drug-likeness (QED) is 0.624. The number of rotatable bonds is 3. The van der Waals surface area contributed by atoms with Gasteiger partial charge in [0.1, 0.15) is 17.3 Å². The number of likely N-dealkylation sites (N-methyl/N-ethyl adjacent to an activating group) is 1. The standard InChI is InChI=1S/C20H16Br2N2O2/c1-12-3-5-13(6-4-12)7-8-18-23-17(20(26)24(18)2)11-14-9-15(21)19(25)16(22)10-14/h3-11,25H,1-2H3/b8-7+,17-11-. The fourth-order valence-electron chi connectivity index (χ4n) is 2.44. The minimum absolute atomic E-state index is 0.118. The number of amides is 1. The number of hydrogen-bond donors (Lipinski definition) is 1. The predicted molar refractivity (Wildman–Crippen MR) is 112 cm³/mol. The lowest BCUT2D eigenvalue weighted by Crippen LogP contribution is -2.26. The summed E-state index contributed by atoms with van der Waals surface area (Å²) in [6.45, 7) is 2.04. The fraction of sp³-hybridized carbons (Fsp3) is 0.100. The Bertz CT molecular complexity index is 937. The number of phenolic OH excluding ortho intramolecular Hbond substituents is 1. The molecule has 0 spiro atoms. The van der Waals surface area contributed by atoms with Gasteiger partial charge in [-0.25, -0.2) is 4.99 Å². The van der Waals surface area contributed by atoms with E-state index in [4.69, 9.17) is 0 Å². The maximum absolute atomic E-state index is 12.4. The molecule has 0 unspecified atom stereocenters. The number of nitrogens with zero attached hydrogens (tertiary/aromatic N) is 2. The topological polar surface area (TPSA) is 52.9 Å². The Hall–Kier alpha value is -2.18. The summed E-state index contributed by atoms with van der Waals surface area (Å²) < 4.78 is 1.09. The van der Waals surface area contributed by atoms with Gasteiger partial charge < -0.3 is 5.11 Å². The first-order valence-corrected chi connectivity index (χ1v) is 9.45. The number of amidine groups is 1. The van der Waals surface area contributed by atoms with Gasteiger partial charge in [-0.3, -0.25) is 9.69 Å². The summed E-state index contributed by atoms with van der Waals surface area (Å²) in [7, 11) is 1.70. The third-order valence-electron chi connectivity index (χ3n) is 3.95. The summed E-state index contributed by atoms with van der Waals surface area (Å²) in [5.41, 5.74) is 3.35. The molecule has 2 aromatic rings. The van der Waals surface area contributed by atoms with Gasteiger partial charge in [0.2, 0.25) is 0 Å². The zero-order valence-electron chi connectivity index (χ0n) is 14.2. The van der Waals surface area contributed by atoms with Crippen LogP contribution in [0.5, 0.6) is 5.75 Å². The van der Waals surface area contributed by atoms with Crippen LogP contribution in [0.4, 0.5) is 0 Å². The van der Waals surface area contributed by atoms with Crippen LogP contribution in [0.25, 0.3) is 12.2 Å². The largest absolute Gasteiger partial charge is 0.506 e. The van der Waals surface area contributed by atoms with Crippen molar-refractivity contribution >= 4 is 55.8 Å². The molecule has 1 amide bonds. The Morgan fingerprint density at radius 1 is 1.04 bits per heavy atom. The Balaban J connectivity index is 1.89. The molecule has 2 aromatic carbocycles. The van der Waals surface area contributed by atoms with Crippen molar-refractivity contribution in [2.45, 2.75) is 6.92 Å². The van der Waals surface area contributed by atoms with Gasteiger partial charge >= 0.3 is 0 Å². The molecular formula is C20H16Br2N2O2. The monoisotopic (exact) mass is 474 g/mol. The van der Waals surface area contributed by atoms with Gasteiger partial charge in [-0.15, -0.1) is 0 Å². The van der Waals surface area contributed by atoms with E-state index in [0.717, 1.165) is 11.1 Å². The summed E-state index contributed by atoms with van der Waals surface area (Å²) >= 11 is 6.58. The third kappa shape index (κ3) is 3.97. The molecule has 3 rings (SSSR count). The minimum atomic E-state index is -0.172. The van der Waals surface area contributed by atoms with E-state index >= 15 is 0 Å². The van der Waals surface area contributed by atoms with Crippen LogP contribution in [0.2, 0.25) is 0 Å². The Morgan fingerprint density at radius 2 is 1.65 bits per heavy atom. The summed E-state index contributed by atoms with van der Waals surface area (Å²) in [6, 6.07) is 11.6. The van der Waals surface area contributed by atoms with Crippen LogP contribution in [0.3, 0.4) is 0 Å². The zero-order chi connectivity index (χ0) is 18.8. The molecule has 1 N–H and O–H groups in total. The maximum atomic E-state index is 12.4. The lowest BCUT2D eigenvalue weighted by Gasteiger charge is -2.07. The first kappa shape index (κ1) is 18.6. The van der Waals surface area contributed by atoms with E-state index in [1.54, 1.807) is 25.3 Å². The van der Waals surface area contributed by atoms with Gasteiger partial charge in [0, 0.05) is 7.05 Å². The van der Waals surface area contributed by atoms with Crippen LogP contribution in [-0.4, -0.2) is 28.8 Å². The highest BCUT2D eigenvalue weighted by Gasteiger charge is 2.25. The van der Waals surface area contributed by atoms with E-state index in [1.165, 1.54) is 10.5 Å². The van der Waals surface area contributed by atoms with Crippen LogP contribution in [-0.2, 0) is 4.79 Å².